The Morgan fingerprint density at radius 3 is 2.65 bits per heavy atom. The normalized spacial score (nSPS) is 14.8. The monoisotopic (exact) mass is 457 g/mol. The summed E-state index contributed by atoms with van der Waals surface area (Å²) in [5, 5.41) is 8.64. The molecule has 8 heteroatoms. The number of H-pyrrole nitrogens is 1. The number of nitrogens with zero attached hydrogens (tertiary/aromatic N) is 5. The molecule has 1 saturated heterocycles. The summed E-state index contributed by atoms with van der Waals surface area (Å²) in [6, 6.07) is 14.6. The zero-order valence-electron chi connectivity index (χ0n) is 19.7. The molecule has 4 heterocycles. The zero-order valence-corrected chi connectivity index (χ0v) is 19.7. The van der Waals surface area contributed by atoms with Crippen molar-refractivity contribution in [1.29, 1.82) is 0 Å². The molecule has 1 fully saturated rings. The number of nitrogens with one attached hydrogen (secondary N) is 1. The minimum absolute atomic E-state index is 0.0658. The number of aromatic amines is 1. The van der Waals surface area contributed by atoms with Gasteiger partial charge in [-0.15, -0.1) is 0 Å². The van der Waals surface area contributed by atoms with Crippen LogP contribution in [-0.4, -0.2) is 57.3 Å². The Hall–Kier alpha value is -3.49. The maximum atomic E-state index is 5.80. The Bertz CT molecular complexity index is 1260. The molecule has 4 aromatic rings. The number of pyridine rings is 2. The van der Waals surface area contributed by atoms with E-state index >= 15 is 0 Å². The van der Waals surface area contributed by atoms with Crippen molar-refractivity contribution in [1.82, 2.24) is 25.1 Å². The number of aromatic nitrogens is 4. The fraction of sp³-hybridized carbons (Fsp3) is 0.346. The maximum absolute atomic E-state index is 5.80. The number of nitrogens with two attached hydrogens (primary N) is 1. The van der Waals surface area contributed by atoms with Gasteiger partial charge in [0.1, 0.15) is 11.5 Å². The Morgan fingerprint density at radius 2 is 1.85 bits per heavy atom. The topological polar surface area (TPSA) is 96.2 Å². The highest BCUT2D eigenvalue weighted by Crippen LogP contribution is 2.30. The van der Waals surface area contributed by atoms with Crippen LogP contribution < -0.4 is 15.4 Å². The van der Waals surface area contributed by atoms with Gasteiger partial charge in [-0.1, -0.05) is 24.3 Å². The first-order valence-electron chi connectivity index (χ1n) is 11.8. The SMILES string of the molecule is CC(C)Oc1cc2c(-c3ccnc(N4CCN(Cc5cccc(CN)c5)CC4)c3)n[nH]c2cn1. The van der Waals surface area contributed by atoms with Crippen LogP contribution in [0.2, 0.25) is 0 Å². The second kappa shape index (κ2) is 9.79. The van der Waals surface area contributed by atoms with E-state index in [1.807, 2.05) is 32.2 Å². The lowest BCUT2D eigenvalue weighted by Gasteiger charge is -2.35. The first-order chi connectivity index (χ1) is 16.6. The van der Waals surface area contributed by atoms with Crippen LogP contribution in [0.3, 0.4) is 0 Å². The Balaban J connectivity index is 1.29. The van der Waals surface area contributed by atoms with Gasteiger partial charge >= 0.3 is 0 Å². The molecular formula is C26H31N7O. The van der Waals surface area contributed by atoms with Crippen LogP contribution >= 0.6 is 0 Å². The van der Waals surface area contributed by atoms with Crippen LogP contribution in [0.1, 0.15) is 25.0 Å². The maximum Gasteiger partial charge on any atom is 0.214 e. The molecule has 1 aliphatic rings. The van der Waals surface area contributed by atoms with E-state index in [2.05, 4.69) is 60.3 Å². The second-order valence-electron chi connectivity index (χ2n) is 9.00. The molecule has 3 N–H and O–H groups in total. The van der Waals surface area contributed by atoms with E-state index < -0.39 is 0 Å². The standard InChI is InChI=1S/C26H31N7O/c1-18(2)34-25-14-22-23(16-29-25)30-31-26(22)21-6-7-28-24(13-21)33-10-8-32(9-11-33)17-20-5-3-4-19(12-20)15-27/h3-7,12-14,16,18H,8-11,15,17,27H2,1-2H3,(H,30,31). The van der Waals surface area contributed by atoms with Crippen molar-refractivity contribution in [3.05, 3.63) is 66.0 Å². The van der Waals surface area contributed by atoms with Gasteiger partial charge in [-0.2, -0.15) is 5.10 Å². The van der Waals surface area contributed by atoms with Gasteiger partial charge < -0.3 is 15.4 Å². The summed E-state index contributed by atoms with van der Waals surface area (Å²) in [4.78, 5) is 13.9. The molecule has 34 heavy (non-hydrogen) atoms. The molecule has 0 bridgehead atoms. The van der Waals surface area contributed by atoms with Crippen LogP contribution in [0.25, 0.3) is 22.2 Å². The average Bonchev–Trinajstić information content (AvgIpc) is 3.28. The van der Waals surface area contributed by atoms with E-state index in [0.29, 0.717) is 12.4 Å². The van der Waals surface area contributed by atoms with Gasteiger partial charge in [0.15, 0.2) is 0 Å². The van der Waals surface area contributed by atoms with E-state index in [9.17, 15) is 0 Å². The van der Waals surface area contributed by atoms with Crippen molar-refractivity contribution in [3.8, 4) is 17.1 Å². The number of hydrogen-bond acceptors (Lipinski definition) is 7. The van der Waals surface area contributed by atoms with Gasteiger partial charge in [-0.3, -0.25) is 10.00 Å². The molecule has 0 radical (unpaired) electrons. The van der Waals surface area contributed by atoms with Gasteiger partial charge in [0.25, 0.3) is 0 Å². The summed E-state index contributed by atoms with van der Waals surface area (Å²) < 4.78 is 5.78. The molecule has 0 aliphatic carbocycles. The number of rotatable bonds is 7. The van der Waals surface area contributed by atoms with E-state index in [-0.39, 0.29) is 6.10 Å². The summed E-state index contributed by atoms with van der Waals surface area (Å²) in [6.45, 7) is 9.37. The zero-order chi connectivity index (χ0) is 23.5. The molecule has 176 valence electrons. The second-order valence-corrected chi connectivity index (χ2v) is 9.00. The fourth-order valence-corrected chi connectivity index (χ4v) is 4.41. The van der Waals surface area contributed by atoms with Gasteiger partial charge in [-0.05, 0) is 37.1 Å². The number of anilines is 1. The summed E-state index contributed by atoms with van der Waals surface area (Å²) in [7, 11) is 0. The average molecular weight is 458 g/mol. The first kappa shape index (κ1) is 22.3. The van der Waals surface area contributed by atoms with E-state index in [1.165, 1.54) is 11.1 Å². The predicted octanol–water partition coefficient (Wildman–Crippen LogP) is 3.59. The number of fused-ring (bicyclic) bond motifs is 1. The fourth-order valence-electron chi connectivity index (χ4n) is 4.41. The van der Waals surface area contributed by atoms with Gasteiger partial charge in [0.2, 0.25) is 5.88 Å². The predicted molar refractivity (Wildman–Crippen MR) is 135 cm³/mol. The Labute approximate surface area is 199 Å². The number of ether oxygens (including phenoxy) is 1. The van der Waals surface area contributed by atoms with E-state index in [0.717, 1.165) is 60.7 Å². The first-order valence-corrected chi connectivity index (χ1v) is 11.8. The molecule has 8 nitrogen and oxygen atoms in total. The summed E-state index contributed by atoms with van der Waals surface area (Å²) >= 11 is 0. The van der Waals surface area contributed by atoms with Crippen molar-refractivity contribution < 1.29 is 4.74 Å². The van der Waals surface area contributed by atoms with Crippen LogP contribution in [0.5, 0.6) is 5.88 Å². The van der Waals surface area contributed by atoms with E-state index in [1.54, 1.807) is 6.20 Å². The van der Waals surface area contributed by atoms with Crippen LogP contribution in [0, 0.1) is 0 Å². The van der Waals surface area contributed by atoms with Gasteiger partial charge in [-0.25, -0.2) is 9.97 Å². The number of benzene rings is 1. The molecule has 5 rings (SSSR count). The summed E-state index contributed by atoms with van der Waals surface area (Å²) in [5.41, 5.74) is 11.1. The summed E-state index contributed by atoms with van der Waals surface area (Å²) in [5.74, 6) is 1.58. The lowest BCUT2D eigenvalue weighted by atomic mass is 10.1. The third-order valence-corrected chi connectivity index (χ3v) is 6.13. The van der Waals surface area contributed by atoms with Crippen molar-refractivity contribution in [2.75, 3.05) is 31.1 Å². The highest BCUT2D eigenvalue weighted by atomic mass is 16.5. The van der Waals surface area contributed by atoms with Crippen molar-refractivity contribution in [3.63, 3.8) is 0 Å². The lowest BCUT2D eigenvalue weighted by molar-refractivity contribution is 0.233. The summed E-state index contributed by atoms with van der Waals surface area (Å²) in [6.07, 6.45) is 3.70. The van der Waals surface area contributed by atoms with Gasteiger partial charge in [0.05, 0.1) is 17.8 Å². The minimum Gasteiger partial charge on any atom is -0.475 e. The van der Waals surface area contributed by atoms with Crippen LogP contribution in [0.4, 0.5) is 5.82 Å². The Morgan fingerprint density at radius 1 is 1.03 bits per heavy atom. The smallest absolute Gasteiger partial charge is 0.214 e. The molecule has 3 aromatic heterocycles. The quantitative estimate of drug-likeness (QED) is 0.438. The molecule has 0 unspecified atom stereocenters. The molecule has 1 aromatic carbocycles. The van der Waals surface area contributed by atoms with Crippen molar-refractivity contribution >= 4 is 16.7 Å². The van der Waals surface area contributed by atoms with Gasteiger partial charge in [0, 0.05) is 62.5 Å². The number of hydrogen-bond donors (Lipinski definition) is 2. The molecule has 0 atom stereocenters. The van der Waals surface area contributed by atoms with E-state index in [4.69, 9.17) is 10.5 Å². The van der Waals surface area contributed by atoms with Crippen LogP contribution in [0.15, 0.2) is 54.9 Å². The molecule has 0 spiro atoms. The Kier molecular flexibility index (Phi) is 6.42. The van der Waals surface area contributed by atoms with Crippen LogP contribution in [-0.2, 0) is 13.1 Å². The third kappa shape index (κ3) is 4.88. The highest BCUT2D eigenvalue weighted by molar-refractivity contribution is 5.93. The molecule has 1 aliphatic heterocycles. The molecule has 0 amide bonds. The minimum atomic E-state index is 0.0658. The lowest BCUT2D eigenvalue weighted by Crippen LogP contribution is -2.46. The molecular weight excluding hydrogens is 426 g/mol. The molecule has 0 saturated carbocycles. The van der Waals surface area contributed by atoms with Crippen molar-refractivity contribution in [2.45, 2.75) is 33.0 Å². The van der Waals surface area contributed by atoms with Crippen molar-refractivity contribution in [2.24, 2.45) is 5.73 Å². The largest absolute Gasteiger partial charge is 0.475 e. The third-order valence-electron chi connectivity index (χ3n) is 6.13. The highest BCUT2D eigenvalue weighted by Gasteiger charge is 2.19. The number of piperazine rings is 1.